The molecule has 4 heteroatoms. The van der Waals surface area contributed by atoms with Crippen LogP contribution in [-0.2, 0) is 19.4 Å². The molecule has 0 saturated heterocycles. The normalized spacial score (nSPS) is 13.3. The first kappa shape index (κ1) is 16.0. The van der Waals surface area contributed by atoms with Crippen molar-refractivity contribution in [1.29, 1.82) is 0 Å². The van der Waals surface area contributed by atoms with Gasteiger partial charge in [-0.3, -0.25) is 4.98 Å². The van der Waals surface area contributed by atoms with Crippen molar-refractivity contribution in [3.63, 3.8) is 0 Å². The molecule has 3 rings (SSSR count). The van der Waals surface area contributed by atoms with E-state index in [-0.39, 0.29) is 24.8 Å². The van der Waals surface area contributed by atoms with Crippen LogP contribution in [0.25, 0.3) is 0 Å². The second kappa shape index (κ2) is 7.49. The minimum atomic E-state index is 0. The number of rotatable bonds is 3. The molecule has 102 valence electrons. The highest BCUT2D eigenvalue weighted by atomic mass is 35.5. The summed E-state index contributed by atoms with van der Waals surface area (Å²) >= 11 is 0. The van der Waals surface area contributed by atoms with Crippen molar-refractivity contribution in [3.8, 4) is 0 Å². The van der Waals surface area contributed by atoms with Gasteiger partial charge in [-0.2, -0.15) is 0 Å². The number of hydrogen-bond donors (Lipinski definition) is 1. The number of nitrogens with zero attached hydrogens (tertiary/aromatic N) is 1. The fourth-order valence-corrected chi connectivity index (χ4v) is 2.47. The van der Waals surface area contributed by atoms with Crippen LogP contribution >= 0.6 is 24.8 Å². The summed E-state index contributed by atoms with van der Waals surface area (Å²) in [5.74, 6) is 0. The van der Waals surface area contributed by atoms with Crippen LogP contribution in [0.5, 0.6) is 0 Å². The first-order valence-corrected chi connectivity index (χ1v) is 6.11. The zero-order valence-electron chi connectivity index (χ0n) is 10.6. The molecule has 1 aromatic heterocycles. The highest BCUT2D eigenvalue weighted by Gasteiger charge is 2.19. The van der Waals surface area contributed by atoms with Crippen LogP contribution in [0.3, 0.4) is 0 Å². The van der Waals surface area contributed by atoms with E-state index in [4.69, 9.17) is 0 Å². The maximum atomic E-state index is 4.13. The molecule has 2 nitrogen and oxygen atoms in total. The Kier molecular flexibility index (Phi) is 6.29. The molecule has 2 aromatic rings. The number of hydrogen-bond acceptors (Lipinski definition) is 2. The minimum Gasteiger partial charge on any atom is -0.309 e. The number of aromatic nitrogens is 1. The summed E-state index contributed by atoms with van der Waals surface area (Å²) in [5.41, 5.74) is 4.25. The van der Waals surface area contributed by atoms with Crippen LogP contribution in [0, 0.1) is 0 Å². The maximum absolute atomic E-state index is 4.13. The van der Waals surface area contributed by atoms with Gasteiger partial charge in [-0.1, -0.05) is 30.3 Å². The third-order valence-corrected chi connectivity index (χ3v) is 3.37. The Balaban J connectivity index is 0.000000902. The molecule has 1 heterocycles. The van der Waals surface area contributed by atoms with Crippen LogP contribution in [0.1, 0.15) is 16.7 Å². The summed E-state index contributed by atoms with van der Waals surface area (Å²) < 4.78 is 0. The molecule has 0 fully saturated rings. The standard InChI is InChI=1S/C15H16N2.2ClH/c1-2-6-14-9-15(8-13(14)5-1)17-11-12-4-3-7-16-10-12;;/h1-7,10,15,17H,8-9,11H2;2*1H. The number of benzene rings is 1. The van der Waals surface area contributed by atoms with Gasteiger partial charge in [0, 0.05) is 25.0 Å². The average Bonchev–Trinajstić information content (AvgIpc) is 2.80. The lowest BCUT2D eigenvalue weighted by Gasteiger charge is -2.11. The van der Waals surface area contributed by atoms with Gasteiger partial charge < -0.3 is 5.32 Å². The Labute approximate surface area is 126 Å². The first-order valence-electron chi connectivity index (χ1n) is 6.11. The van der Waals surface area contributed by atoms with Crippen LogP contribution < -0.4 is 5.32 Å². The van der Waals surface area contributed by atoms with Crippen LogP contribution in [0.15, 0.2) is 48.8 Å². The summed E-state index contributed by atoms with van der Waals surface area (Å²) in [6, 6.07) is 13.4. The van der Waals surface area contributed by atoms with Crippen molar-refractivity contribution in [2.45, 2.75) is 25.4 Å². The fourth-order valence-electron chi connectivity index (χ4n) is 2.47. The summed E-state index contributed by atoms with van der Waals surface area (Å²) in [4.78, 5) is 4.13. The molecule has 1 aliphatic rings. The molecule has 0 radical (unpaired) electrons. The summed E-state index contributed by atoms with van der Waals surface area (Å²) in [6.45, 7) is 0.909. The Morgan fingerprint density at radius 3 is 2.26 bits per heavy atom. The van der Waals surface area contributed by atoms with E-state index in [0.29, 0.717) is 6.04 Å². The van der Waals surface area contributed by atoms with Gasteiger partial charge in [-0.15, -0.1) is 24.8 Å². The van der Waals surface area contributed by atoms with Gasteiger partial charge in [0.1, 0.15) is 0 Å². The van der Waals surface area contributed by atoms with Gasteiger partial charge in [0.25, 0.3) is 0 Å². The van der Waals surface area contributed by atoms with Gasteiger partial charge in [0.2, 0.25) is 0 Å². The third-order valence-electron chi connectivity index (χ3n) is 3.37. The monoisotopic (exact) mass is 296 g/mol. The van der Waals surface area contributed by atoms with Crippen molar-refractivity contribution in [1.82, 2.24) is 10.3 Å². The lowest BCUT2D eigenvalue weighted by molar-refractivity contribution is 0.532. The van der Waals surface area contributed by atoms with Gasteiger partial charge in [-0.25, -0.2) is 0 Å². The predicted octanol–water partition coefficient (Wildman–Crippen LogP) is 3.18. The van der Waals surface area contributed by atoms with Crippen LogP contribution in [0.2, 0.25) is 0 Å². The molecule has 19 heavy (non-hydrogen) atoms. The largest absolute Gasteiger partial charge is 0.309 e. The summed E-state index contributed by atoms with van der Waals surface area (Å²) in [5, 5.41) is 3.60. The first-order chi connectivity index (χ1) is 8.42. The second-order valence-corrected chi connectivity index (χ2v) is 4.62. The fraction of sp³-hybridized carbons (Fsp3) is 0.267. The number of fused-ring (bicyclic) bond motifs is 1. The molecule has 0 atom stereocenters. The highest BCUT2D eigenvalue weighted by Crippen LogP contribution is 2.21. The lowest BCUT2D eigenvalue weighted by atomic mass is 10.1. The van der Waals surface area contributed by atoms with Crippen molar-refractivity contribution >= 4 is 24.8 Å². The Morgan fingerprint density at radius 2 is 1.68 bits per heavy atom. The summed E-state index contributed by atoms with van der Waals surface area (Å²) in [7, 11) is 0. The van der Waals surface area contributed by atoms with Gasteiger partial charge in [0.05, 0.1) is 0 Å². The van der Waals surface area contributed by atoms with Crippen LogP contribution in [0.4, 0.5) is 0 Å². The molecule has 1 aromatic carbocycles. The lowest BCUT2D eigenvalue weighted by Crippen LogP contribution is -2.28. The zero-order chi connectivity index (χ0) is 11.5. The van der Waals surface area contributed by atoms with Crippen molar-refractivity contribution in [2.24, 2.45) is 0 Å². The van der Waals surface area contributed by atoms with E-state index in [1.54, 1.807) is 0 Å². The van der Waals surface area contributed by atoms with E-state index >= 15 is 0 Å². The maximum Gasteiger partial charge on any atom is 0.0312 e. The van der Waals surface area contributed by atoms with Gasteiger partial charge in [0.15, 0.2) is 0 Å². The molecule has 0 bridgehead atoms. The summed E-state index contributed by atoms with van der Waals surface area (Å²) in [6.07, 6.45) is 6.04. The number of nitrogens with one attached hydrogen (secondary N) is 1. The van der Waals surface area contributed by atoms with Gasteiger partial charge in [-0.05, 0) is 35.6 Å². The Bertz CT molecular complexity index is 478. The molecule has 0 aliphatic heterocycles. The van der Waals surface area contributed by atoms with E-state index in [2.05, 4.69) is 40.6 Å². The molecular formula is C15H18Cl2N2. The average molecular weight is 297 g/mol. The Morgan fingerprint density at radius 1 is 1.00 bits per heavy atom. The van der Waals surface area contributed by atoms with E-state index < -0.39 is 0 Å². The van der Waals surface area contributed by atoms with Crippen molar-refractivity contribution in [2.75, 3.05) is 0 Å². The Hall–Kier alpha value is -1.09. The van der Waals surface area contributed by atoms with Crippen LogP contribution in [-0.4, -0.2) is 11.0 Å². The molecular weight excluding hydrogens is 279 g/mol. The molecule has 1 aliphatic carbocycles. The second-order valence-electron chi connectivity index (χ2n) is 4.62. The highest BCUT2D eigenvalue weighted by molar-refractivity contribution is 5.85. The van der Waals surface area contributed by atoms with E-state index in [1.165, 1.54) is 16.7 Å². The van der Waals surface area contributed by atoms with Crippen molar-refractivity contribution < 1.29 is 0 Å². The zero-order valence-corrected chi connectivity index (χ0v) is 12.2. The van der Waals surface area contributed by atoms with Gasteiger partial charge >= 0.3 is 0 Å². The number of pyridine rings is 1. The molecule has 1 N–H and O–H groups in total. The quantitative estimate of drug-likeness (QED) is 0.941. The van der Waals surface area contributed by atoms with E-state index in [1.807, 2.05) is 18.5 Å². The smallest absolute Gasteiger partial charge is 0.0312 e. The molecule has 0 spiro atoms. The minimum absolute atomic E-state index is 0. The van der Waals surface area contributed by atoms with E-state index in [0.717, 1.165) is 19.4 Å². The topological polar surface area (TPSA) is 24.9 Å². The SMILES string of the molecule is Cl.Cl.c1cncc(CNC2Cc3ccccc3C2)c1. The molecule has 0 unspecified atom stereocenters. The van der Waals surface area contributed by atoms with Crippen molar-refractivity contribution in [3.05, 3.63) is 65.5 Å². The third kappa shape index (κ3) is 3.93. The molecule has 0 amide bonds. The number of halogens is 2. The molecule has 0 saturated carbocycles. The predicted molar refractivity (Wildman–Crippen MR) is 83.2 cm³/mol. The van der Waals surface area contributed by atoms with E-state index in [9.17, 15) is 0 Å².